The van der Waals surface area contributed by atoms with Gasteiger partial charge in [-0.2, -0.15) is 0 Å². The lowest BCUT2D eigenvalue weighted by atomic mass is 10.0. The molecule has 0 saturated carbocycles. The van der Waals surface area contributed by atoms with E-state index in [0.717, 1.165) is 6.42 Å². The third-order valence-electron chi connectivity index (χ3n) is 2.45. The fourth-order valence-corrected chi connectivity index (χ4v) is 2.08. The van der Waals surface area contributed by atoms with E-state index in [-0.39, 0.29) is 10.9 Å². The smallest absolute Gasteiger partial charge is 0.234 e. The second-order valence-corrected chi connectivity index (χ2v) is 5.09. The maximum atomic E-state index is 12.0. The van der Waals surface area contributed by atoms with E-state index in [1.807, 2.05) is 6.92 Å². The number of halogens is 2. The van der Waals surface area contributed by atoms with Crippen LogP contribution in [0.15, 0.2) is 18.2 Å². The molecule has 0 saturated heterocycles. The molecule has 18 heavy (non-hydrogen) atoms. The lowest BCUT2D eigenvalue weighted by Crippen LogP contribution is -2.33. The molecule has 0 heterocycles. The zero-order chi connectivity index (χ0) is 13.7. The molecular formula is C12H14Cl2N2OS. The summed E-state index contributed by atoms with van der Waals surface area (Å²) in [4.78, 5) is 12.2. The first-order valence-corrected chi connectivity index (χ1v) is 6.68. The van der Waals surface area contributed by atoms with E-state index >= 15 is 0 Å². The van der Waals surface area contributed by atoms with Gasteiger partial charge in [-0.15, -0.1) is 0 Å². The van der Waals surface area contributed by atoms with Crippen LogP contribution in [0.4, 0.5) is 5.69 Å². The van der Waals surface area contributed by atoms with Crippen LogP contribution < -0.4 is 11.1 Å². The summed E-state index contributed by atoms with van der Waals surface area (Å²) >= 11 is 16.7. The van der Waals surface area contributed by atoms with Gasteiger partial charge in [0.25, 0.3) is 0 Å². The molecule has 1 aromatic carbocycles. The van der Waals surface area contributed by atoms with Gasteiger partial charge in [0.05, 0.1) is 26.6 Å². The van der Waals surface area contributed by atoms with E-state index in [0.29, 0.717) is 22.2 Å². The molecule has 98 valence electrons. The number of amides is 1. The molecule has 1 atom stereocenters. The van der Waals surface area contributed by atoms with Crippen LogP contribution in [0.2, 0.25) is 10.0 Å². The number of nitrogens with one attached hydrogen (secondary N) is 1. The van der Waals surface area contributed by atoms with Crippen molar-refractivity contribution in [3.8, 4) is 0 Å². The molecule has 0 radical (unpaired) electrons. The third kappa shape index (κ3) is 3.83. The number of anilines is 1. The van der Waals surface area contributed by atoms with Crippen LogP contribution in [0, 0.1) is 5.92 Å². The maximum absolute atomic E-state index is 12.0. The van der Waals surface area contributed by atoms with E-state index in [1.54, 1.807) is 18.2 Å². The molecule has 1 unspecified atom stereocenters. The monoisotopic (exact) mass is 304 g/mol. The summed E-state index contributed by atoms with van der Waals surface area (Å²) in [6.45, 7) is 1.96. The molecule has 0 aliphatic rings. The van der Waals surface area contributed by atoms with Gasteiger partial charge in [0.15, 0.2) is 0 Å². The SMILES string of the molecule is CCCC(C(=O)Nc1cccc(Cl)c1Cl)C(N)=S. The number of rotatable bonds is 5. The molecule has 3 nitrogen and oxygen atoms in total. The lowest BCUT2D eigenvalue weighted by Gasteiger charge is -2.15. The summed E-state index contributed by atoms with van der Waals surface area (Å²) in [7, 11) is 0. The van der Waals surface area contributed by atoms with E-state index in [9.17, 15) is 4.79 Å². The summed E-state index contributed by atoms with van der Waals surface area (Å²) < 4.78 is 0. The quantitative estimate of drug-likeness (QED) is 0.817. The number of nitrogens with two attached hydrogens (primary N) is 1. The Hall–Kier alpha value is -0.840. The number of hydrogen-bond donors (Lipinski definition) is 2. The minimum atomic E-state index is -0.486. The summed E-state index contributed by atoms with van der Waals surface area (Å²) in [5.74, 6) is -0.742. The first-order chi connectivity index (χ1) is 8.47. The standard InChI is InChI=1S/C12H14Cl2N2OS/c1-2-4-7(11(15)18)12(17)16-9-6-3-5-8(13)10(9)14/h3,5-7H,2,4H2,1H3,(H2,15,18)(H,16,17). The van der Waals surface area contributed by atoms with Crippen LogP contribution in [0.3, 0.4) is 0 Å². The molecule has 0 bridgehead atoms. The zero-order valence-electron chi connectivity index (χ0n) is 9.87. The molecule has 0 aromatic heterocycles. The average Bonchev–Trinajstić information content (AvgIpc) is 2.31. The van der Waals surface area contributed by atoms with Crippen LogP contribution in [-0.4, -0.2) is 10.9 Å². The predicted molar refractivity (Wildman–Crippen MR) is 80.3 cm³/mol. The topological polar surface area (TPSA) is 55.1 Å². The Bertz CT molecular complexity index is 465. The highest BCUT2D eigenvalue weighted by atomic mass is 35.5. The Morgan fingerprint density at radius 3 is 2.72 bits per heavy atom. The summed E-state index contributed by atoms with van der Waals surface area (Å²) in [5.41, 5.74) is 6.02. The van der Waals surface area contributed by atoms with Gasteiger partial charge < -0.3 is 11.1 Å². The van der Waals surface area contributed by atoms with Gasteiger partial charge >= 0.3 is 0 Å². The molecule has 0 aliphatic heterocycles. The Morgan fingerprint density at radius 1 is 1.50 bits per heavy atom. The number of hydrogen-bond acceptors (Lipinski definition) is 2. The molecule has 0 fully saturated rings. The van der Waals surface area contributed by atoms with Crippen molar-refractivity contribution in [2.24, 2.45) is 11.7 Å². The van der Waals surface area contributed by atoms with Crippen LogP contribution >= 0.6 is 35.4 Å². The molecule has 1 rings (SSSR count). The van der Waals surface area contributed by atoms with Crippen LogP contribution in [0.1, 0.15) is 19.8 Å². The van der Waals surface area contributed by atoms with E-state index in [4.69, 9.17) is 41.2 Å². The largest absolute Gasteiger partial charge is 0.393 e. The van der Waals surface area contributed by atoms with Crippen molar-refractivity contribution in [3.05, 3.63) is 28.2 Å². The van der Waals surface area contributed by atoms with E-state index in [1.165, 1.54) is 0 Å². The first kappa shape index (κ1) is 15.2. The molecule has 3 N–H and O–H groups in total. The second-order valence-electron chi connectivity index (χ2n) is 3.83. The van der Waals surface area contributed by atoms with Crippen molar-refractivity contribution in [3.63, 3.8) is 0 Å². The molecule has 1 amide bonds. The van der Waals surface area contributed by atoms with Crippen molar-refractivity contribution in [2.45, 2.75) is 19.8 Å². The van der Waals surface area contributed by atoms with Crippen molar-refractivity contribution in [1.82, 2.24) is 0 Å². The van der Waals surface area contributed by atoms with Gasteiger partial charge in [0.1, 0.15) is 0 Å². The zero-order valence-corrected chi connectivity index (χ0v) is 12.2. The second kappa shape index (κ2) is 6.92. The number of benzene rings is 1. The molecular weight excluding hydrogens is 291 g/mol. The summed E-state index contributed by atoms with van der Waals surface area (Å²) in [6, 6.07) is 5.03. The van der Waals surface area contributed by atoms with Crippen LogP contribution in [0.5, 0.6) is 0 Å². The van der Waals surface area contributed by atoms with Crippen LogP contribution in [-0.2, 0) is 4.79 Å². The molecule has 6 heteroatoms. The molecule has 0 aliphatic carbocycles. The van der Waals surface area contributed by atoms with Gasteiger partial charge in [0, 0.05) is 0 Å². The predicted octanol–water partition coefficient (Wildman–Crippen LogP) is 3.63. The highest BCUT2D eigenvalue weighted by Gasteiger charge is 2.21. The van der Waals surface area contributed by atoms with E-state index in [2.05, 4.69) is 5.32 Å². The minimum absolute atomic E-state index is 0.188. The third-order valence-corrected chi connectivity index (χ3v) is 3.55. The lowest BCUT2D eigenvalue weighted by molar-refractivity contribution is -0.118. The van der Waals surface area contributed by atoms with Gasteiger partial charge in [-0.1, -0.05) is 54.8 Å². The van der Waals surface area contributed by atoms with Crippen molar-refractivity contribution < 1.29 is 4.79 Å². The number of carbonyl (C=O) groups excluding carboxylic acids is 1. The summed E-state index contributed by atoms with van der Waals surface area (Å²) in [6.07, 6.45) is 1.43. The summed E-state index contributed by atoms with van der Waals surface area (Å²) in [5, 5.41) is 3.39. The fraction of sp³-hybridized carbons (Fsp3) is 0.333. The van der Waals surface area contributed by atoms with Crippen molar-refractivity contribution in [2.75, 3.05) is 5.32 Å². The van der Waals surface area contributed by atoms with Crippen LogP contribution in [0.25, 0.3) is 0 Å². The normalized spacial score (nSPS) is 11.9. The molecule has 0 spiro atoms. The van der Waals surface area contributed by atoms with Gasteiger partial charge in [0.2, 0.25) is 5.91 Å². The Labute approximate surface area is 122 Å². The minimum Gasteiger partial charge on any atom is -0.393 e. The van der Waals surface area contributed by atoms with Crippen molar-refractivity contribution in [1.29, 1.82) is 0 Å². The molecule has 1 aromatic rings. The van der Waals surface area contributed by atoms with Gasteiger partial charge in [-0.05, 0) is 18.6 Å². The highest BCUT2D eigenvalue weighted by molar-refractivity contribution is 7.80. The number of thiocarbonyl (C=S) groups is 1. The Kier molecular flexibility index (Phi) is 5.85. The van der Waals surface area contributed by atoms with Gasteiger partial charge in [-0.25, -0.2) is 0 Å². The Balaban J connectivity index is 2.86. The fourth-order valence-electron chi connectivity index (χ4n) is 1.51. The van der Waals surface area contributed by atoms with Crippen molar-refractivity contribution >= 4 is 52.0 Å². The van der Waals surface area contributed by atoms with Gasteiger partial charge in [-0.3, -0.25) is 4.79 Å². The number of carbonyl (C=O) groups is 1. The maximum Gasteiger partial charge on any atom is 0.234 e. The first-order valence-electron chi connectivity index (χ1n) is 5.51. The highest BCUT2D eigenvalue weighted by Crippen LogP contribution is 2.30. The van der Waals surface area contributed by atoms with E-state index < -0.39 is 5.92 Å². The Morgan fingerprint density at radius 2 is 2.17 bits per heavy atom. The average molecular weight is 305 g/mol.